The molecule has 2 aromatic heterocycles. The zero-order valence-electron chi connectivity index (χ0n) is 8.86. The van der Waals surface area contributed by atoms with Crippen molar-refractivity contribution in [2.45, 2.75) is 0 Å². The number of aromatic amines is 1. The quantitative estimate of drug-likeness (QED) is 0.708. The van der Waals surface area contributed by atoms with Crippen LogP contribution in [0.2, 0.25) is 0 Å². The predicted molar refractivity (Wildman–Crippen MR) is 68.2 cm³/mol. The van der Waals surface area contributed by atoms with Crippen LogP contribution >= 0.6 is 11.3 Å². The van der Waals surface area contributed by atoms with Crippen molar-refractivity contribution in [3.05, 3.63) is 41.8 Å². The number of H-pyrrole nitrogens is 1. The second-order valence-electron chi connectivity index (χ2n) is 3.59. The predicted octanol–water partition coefficient (Wildman–Crippen LogP) is 3.91. The molecule has 2 nitrogen and oxygen atoms in total. The van der Waals surface area contributed by atoms with Crippen LogP contribution in [-0.2, 0) is 0 Å². The van der Waals surface area contributed by atoms with Crippen molar-refractivity contribution >= 4 is 22.2 Å². The Balaban J connectivity index is 2.19. The van der Waals surface area contributed by atoms with Crippen molar-refractivity contribution in [2.75, 3.05) is 7.11 Å². The molecule has 0 unspecified atom stereocenters. The highest BCUT2D eigenvalue weighted by Gasteiger charge is 2.09. The van der Waals surface area contributed by atoms with Gasteiger partial charge < -0.3 is 9.72 Å². The summed E-state index contributed by atoms with van der Waals surface area (Å²) < 4.78 is 5.33. The third-order valence-electron chi connectivity index (χ3n) is 2.62. The van der Waals surface area contributed by atoms with Gasteiger partial charge in [0, 0.05) is 10.9 Å². The summed E-state index contributed by atoms with van der Waals surface area (Å²) in [5, 5.41) is 3.27. The van der Waals surface area contributed by atoms with E-state index in [0.717, 1.165) is 21.8 Å². The van der Waals surface area contributed by atoms with E-state index in [-0.39, 0.29) is 0 Å². The molecule has 0 aliphatic heterocycles. The third-order valence-corrected chi connectivity index (χ3v) is 3.55. The summed E-state index contributed by atoms with van der Waals surface area (Å²) in [6.45, 7) is 0. The number of para-hydroxylation sites is 1. The first-order chi connectivity index (χ1) is 7.88. The summed E-state index contributed by atoms with van der Waals surface area (Å²) in [5.74, 6) is 0.927. The van der Waals surface area contributed by atoms with Crippen molar-refractivity contribution in [2.24, 2.45) is 0 Å². The molecule has 1 N–H and O–H groups in total. The van der Waals surface area contributed by atoms with Crippen LogP contribution in [0.25, 0.3) is 21.5 Å². The molecule has 0 fully saturated rings. The first-order valence-corrected chi connectivity index (χ1v) is 5.96. The fourth-order valence-corrected chi connectivity index (χ4v) is 2.68. The molecular formula is C13H11NOS. The SMILES string of the molecule is COc1ccsc1-c1cc2ccccc2[nH]1. The molecule has 1 aromatic carbocycles. The molecule has 2 heterocycles. The highest BCUT2D eigenvalue weighted by atomic mass is 32.1. The minimum Gasteiger partial charge on any atom is -0.495 e. The maximum absolute atomic E-state index is 5.33. The number of ether oxygens (including phenoxy) is 1. The smallest absolute Gasteiger partial charge is 0.138 e. The second-order valence-corrected chi connectivity index (χ2v) is 4.50. The second kappa shape index (κ2) is 3.68. The van der Waals surface area contributed by atoms with Crippen LogP contribution in [0.15, 0.2) is 41.8 Å². The maximum Gasteiger partial charge on any atom is 0.138 e. The Kier molecular flexibility index (Phi) is 2.18. The largest absolute Gasteiger partial charge is 0.495 e. The average Bonchev–Trinajstić information content (AvgIpc) is 2.94. The van der Waals surface area contributed by atoms with E-state index in [2.05, 4.69) is 23.2 Å². The number of fused-ring (bicyclic) bond motifs is 1. The molecule has 80 valence electrons. The molecule has 0 amide bonds. The Morgan fingerprint density at radius 1 is 1.19 bits per heavy atom. The van der Waals surface area contributed by atoms with Gasteiger partial charge in [-0.05, 0) is 23.6 Å². The lowest BCUT2D eigenvalue weighted by Crippen LogP contribution is -1.81. The van der Waals surface area contributed by atoms with Crippen molar-refractivity contribution in [3.63, 3.8) is 0 Å². The van der Waals surface area contributed by atoms with Gasteiger partial charge in [-0.25, -0.2) is 0 Å². The summed E-state index contributed by atoms with van der Waals surface area (Å²) in [5.41, 5.74) is 2.28. The lowest BCUT2D eigenvalue weighted by atomic mass is 10.2. The molecule has 0 saturated heterocycles. The van der Waals surface area contributed by atoms with Gasteiger partial charge in [0.15, 0.2) is 0 Å². The van der Waals surface area contributed by atoms with Crippen LogP contribution in [0, 0.1) is 0 Å². The highest BCUT2D eigenvalue weighted by molar-refractivity contribution is 7.14. The number of nitrogens with one attached hydrogen (secondary N) is 1. The summed E-state index contributed by atoms with van der Waals surface area (Å²) >= 11 is 1.69. The van der Waals surface area contributed by atoms with Crippen LogP contribution in [-0.4, -0.2) is 12.1 Å². The monoisotopic (exact) mass is 229 g/mol. The van der Waals surface area contributed by atoms with Gasteiger partial charge in [0.25, 0.3) is 0 Å². The number of rotatable bonds is 2. The van der Waals surface area contributed by atoms with Gasteiger partial charge in [0.1, 0.15) is 5.75 Å². The van der Waals surface area contributed by atoms with Gasteiger partial charge in [-0.2, -0.15) is 0 Å². The van der Waals surface area contributed by atoms with E-state index >= 15 is 0 Å². The van der Waals surface area contributed by atoms with Crippen molar-refractivity contribution in [1.29, 1.82) is 0 Å². The Bertz CT molecular complexity index is 590. The summed E-state index contributed by atoms with van der Waals surface area (Å²) in [6, 6.07) is 12.4. The van der Waals surface area contributed by atoms with Crippen LogP contribution < -0.4 is 4.74 Å². The Morgan fingerprint density at radius 2 is 2.06 bits per heavy atom. The normalized spacial score (nSPS) is 10.8. The number of hydrogen-bond donors (Lipinski definition) is 1. The summed E-state index contributed by atoms with van der Waals surface area (Å²) in [6.07, 6.45) is 0. The zero-order valence-corrected chi connectivity index (χ0v) is 9.67. The molecule has 0 saturated carbocycles. The van der Waals surface area contributed by atoms with E-state index in [4.69, 9.17) is 4.74 Å². The number of thiophene rings is 1. The minimum atomic E-state index is 0.927. The van der Waals surface area contributed by atoms with E-state index in [9.17, 15) is 0 Å². The Hall–Kier alpha value is -1.74. The first-order valence-electron chi connectivity index (χ1n) is 5.08. The molecule has 3 rings (SSSR count). The minimum absolute atomic E-state index is 0.927. The number of methoxy groups -OCH3 is 1. The highest BCUT2D eigenvalue weighted by Crippen LogP contribution is 2.36. The van der Waals surface area contributed by atoms with Gasteiger partial charge in [-0.15, -0.1) is 11.3 Å². The Morgan fingerprint density at radius 3 is 2.88 bits per heavy atom. The standard InChI is InChI=1S/C13H11NOS/c1-15-12-6-7-16-13(12)11-8-9-4-2-3-5-10(9)14-11/h2-8,14H,1H3. The van der Waals surface area contributed by atoms with Gasteiger partial charge >= 0.3 is 0 Å². The molecular weight excluding hydrogens is 218 g/mol. The number of aromatic nitrogens is 1. The van der Waals surface area contributed by atoms with Crippen LogP contribution in [0.5, 0.6) is 5.75 Å². The molecule has 0 bridgehead atoms. The number of benzene rings is 1. The van der Waals surface area contributed by atoms with E-state index in [1.54, 1.807) is 18.4 Å². The van der Waals surface area contributed by atoms with Crippen LogP contribution in [0.4, 0.5) is 0 Å². The summed E-state index contributed by atoms with van der Waals surface area (Å²) in [7, 11) is 1.70. The van der Waals surface area contributed by atoms with Crippen molar-refractivity contribution in [1.82, 2.24) is 4.98 Å². The van der Waals surface area contributed by atoms with Crippen molar-refractivity contribution < 1.29 is 4.74 Å². The number of hydrogen-bond acceptors (Lipinski definition) is 2. The van der Waals surface area contributed by atoms with Gasteiger partial charge in [0.2, 0.25) is 0 Å². The van der Waals surface area contributed by atoms with Gasteiger partial charge in [0.05, 0.1) is 17.7 Å². The van der Waals surface area contributed by atoms with Crippen LogP contribution in [0.1, 0.15) is 0 Å². The Labute approximate surface area is 97.5 Å². The van der Waals surface area contributed by atoms with Crippen molar-refractivity contribution in [3.8, 4) is 16.3 Å². The van der Waals surface area contributed by atoms with Gasteiger partial charge in [-0.3, -0.25) is 0 Å². The average molecular weight is 229 g/mol. The molecule has 0 aliphatic carbocycles. The summed E-state index contributed by atoms with van der Waals surface area (Å²) in [4.78, 5) is 4.55. The molecule has 0 atom stereocenters. The molecule has 3 aromatic rings. The fraction of sp³-hybridized carbons (Fsp3) is 0.0769. The molecule has 0 aliphatic rings. The van der Waals surface area contributed by atoms with Crippen LogP contribution in [0.3, 0.4) is 0 Å². The van der Waals surface area contributed by atoms with E-state index in [1.165, 1.54) is 5.39 Å². The van der Waals surface area contributed by atoms with Gasteiger partial charge in [-0.1, -0.05) is 18.2 Å². The molecule has 0 spiro atoms. The zero-order chi connectivity index (χ0) is 11.0. The molecule has 0 radical (unpaired) electrons. The maximum atomic E-state index is 5.33. The fourth-order valence-electron chi connectivity index (χ4n) is 1.85. The topological polar surface area (TPSA) is 25.0 Å². The first kappa shape index (κ1) is 9.48. The molecule has 3 heteroatoms. The van der Waals surface area contributed by atoms with E-state index < -0.39 is 0 Å². The van der Waals surface area contributed by atoms with E-state index in [1.807, 2.05) is 23.6 Å². The lowest BCUT2D eigenvalue weighted by molar-refractivity contribution is 0.418. The lowest BCUT2D eigenvalue weighted by Gasteiger charge is -1.98. The molecule has 16 heavy (non-hydrogen) atoms. The third kappa shape index (κ3) is 1.41. The van der Waals surface area contributed by atoms with E-state index in [0.29, 0.717) is 0 Å².